The van der Waals surface area contributed by atoms with E-state index in [0.717, 1.165) is 21.0 Å². The zero-order valence-corrected chi connectivity index (χ0v) is 7.23. The summed E-state index contributed by atoms with van der Waals surface area (Å²) in [5.41, 5.74) is 0. The van der Waals surface area contributed by atoms with Crippen LogP contribution in [0.3, 0.4) is 0 Å². The molecule has 0 aliphatic heterocycles. The Labute approximate surface area is 35.9 Å². The standard InChI is InChI=1S/FHO.H6OSi2/c1-2;2-1-3/h2H;2-3H3. The van der Waals surface area contributed by atoms with Crippen molar-refractivity contribution in [2.24, 2.45) is 0 Å². The SMILES string of the molecule is OF.[SiH3]O[SiH3]. The topological polar surface area (TPSA) is 29.5 Å². The Bertz CT molecular complexity index is 7.61. The van der Waals surface area contributed by atoms with E-state index in [1.165, 1.54) is 0 Å². The molecule has 0 saturated heterocycles. The van der Waals surface area contributed by atoms with Crippen LogP contribution in [0, 0.1) is 0 Å². The fraction of sp³-hybridized carbons (Fsp3) is 0. The Morgan fingerprint density at radius 3 is 1.40 bits per heavy atom. The van der Waals surface area contributed by atoms with Crippen LogP contribution in [-0.2, 0) is 4.12 Å². The summed E-state index contributed by atoms with van der Waals surface area (Å²) in [5.74, 6) is 0. The van der Waals surface area contributed by atoms with E-state index in [4.69, 9.17) is 9.84 Å². The second kappa shape index (κ2) is 28.0. The van der Waals surface area contributed by atoms with Crippen LogP contribution in [0.2, 0.25) is 0 Å². The van der Waals surface area contributed by atoms with Gasteiger partial charge in [0.25, 0.3) is 0 Å². The van der Waals surface area contributed by atoms with Gasteiger partial charge in [0.05, 0.1) is 0 Å². The molecule has 0 rings (SSSR count). The van der Waals surface area contributed by atoms with E-state index >= 15 is 0 Å². The van der Waals surface area contributed by atoms with Gasteiger partial charge in [-0.3, -0.25) is 0 Å². The Balaban J connectivity index is 0. The molecular formula is H7FO2Si2. The quantitative estimate of drug-likeness (QED) is 0.351. The first-order valence-electron chi connectivity index (χ1n) is 0.986. The summed E-state index contributed by atoms with van der Waals surface area (Å²) >= 11 is 0. The lowest BCUT2D eigenvalue weighted by molar-refractivity contribution is -0.0441. The normalized spacial score (nSPS) is 6.00. The summed E-state index contributed by atoms with van der Waals surface area (Å²) in [6.07, 6.45) is 0. The molecule has 0 aliphatic rings. The van der Waals surface area contributed by atoms with Gasteiger partial charge in [-0.1, -0.05) is 4.53 Å². The van der Waals surface area contributed by atoms with Gasteiger partial charge in [-0.15, -0.1) is 0 Å². The highest BCUT2D eigenvalue weighted by Crippen LogP contribution is 1.20. The third kappa shape index (κ3) is 277. The first kappa shape index (κ1) is 8.99. The molecule has 0 radical (unpaired) electrons. The molecule has 2 nitrogen and oxygen atoms in total. The maximum absolute atomic E-state index is 8.50. The van der Waals surface area contributed by atoms with Crippen molar-refractivity contribution in [2.45, 2.75) is 0 Å². The molecule has 0 bridgehead atoms. The minimum absolute atomic E-state index is 0.931. The fourth-order valence-corrected chi connectivity index (χ4v) is 0. The summed E-state index contributed by atoms with van der Waals surface area (Å²) in [7, 11) is 1.86. The summed E-state index contributed by atoms with van der Waals surface area (Å²) in [5, 5.41) is 5.50. The van der Waals surface area contributed by atoms with E-state index in [2.05, 4.69) is 4.12 Å². The Kier molecular flexibility index (Phi) is 50.4. The summed E-state index contributed by atoms with van der Waals surface area (Å²) in [6.45, 7) is 0. The smallest absolute Gasteiger partial charge is 0.129 e. The molecule has 1 N–H and O–H groups in total. The van der Waals surface area contributed by atoms with Gasteiger partial charge in [0, 0.05) is 0 Å². The number of halogens is 1. The van der Waals surface area contributed by atoms with Crippen molar-refractivity contribution in [2.75, 3.05) is 0 Å². The van der Waals surface area contributed by atoms with Crippen molar-refractivity contribution >= 4 is 21.0 Å². The van der Waals surface area contributed by atoms with Crippen LogP contribution < -0.4 is 0 Å². The van der Waals surface area contributed by atoms with Crippen molar-refractivity contribution < 1.29 is 14.0 Å². The molecule has 5 heavy (non-hydrogen) atoms. The molecule has 0 unspecified atom stereocenters. The minimum atomic E-state index is 0.931. The largest absolute Gasteiger partial charge is 0.471 e. The fourth-order valence-electron chi connectivity index (χ4n) is 0. The summed E-state index contributed by atoms with van der Waals surface area (Å²) in [6, 6.07) is 0. The molecule has 0 atom stereocenters. The van der Waals surface area contributed by atoms with E-state index < -0.39 is 0 Å². The van der Waals surface area contributed by atoms with Gasteiger partial charge in [0.1, 0.15) is 21.0 Å². The van der Waals surface area contributed by atoms with E-state index in [1.54, 1.807) is 0 Å². The Morgan fingerprint density at radius 2 is 1.40 bits per heavy atom. The Morgan fingerprint density at radius 1 is 1.40 bits per heavy atom. The van der Waals surface area contributed by atoms with Crippen LogP contribution in [0.4, 0.5) is 4.53 Å². The molecule has 0 aromatic heterocycles. The van der Waals surface area contributed by atoms with Gasteiger partial charge < -0.3 is 4.12 Å². The summed E-state index contributed by atoms with van der Waals surface area (Å²) in [4.78, 5) is 0. The molecule has 0 saturated carbocycles. The molecule has 34 valence electrons. The van der Waals surface area contributed by atoms with Crippen LogP contribution in [0.5, 0.6) is 0 Å². The lowest BCUT2D eigenvalue weighted by atomic mass is 15.7. The lowest BCUT2D eigenvalue weighted by Crippen LogP contribution is -1.65. The highest BCUT2D eigenvalue weighted by molar-refractivity contribution is 6.15. The highest BCUT2D eigenvalue weighted by Gasteiger charge is 1.28. The van der Waals surface area contributed by atoms with Crippen LogP contribution in [0.25, 0.3) is 0 Å². The molecule has 0 amide bonds. The van der Waals surface area contributed by atoms with Crippen molar-refractivity contribution in [3.63, 3.8) is 0 Å². The Hall–Kier alpha value is 0.284. The zero-order chi connectivity index (χ0) is 4.71. The van der Waals surface area contributed by atoms with Crippen molar-refractivity contribution in [1.29, 1.82) is 0 Å². The van der Waals surface area contributed by atoms with Gasteiger partial charge in [-0.05, 0) is 0 Å². The molecule has 0 aromatic carbocycles. The van der Waals surface area contributed by atoms with Crippen LogP contribution in [0.15, 0.2) is 0 Å². The maximum Gasteiger partial charge on any atom is 0.129 e. The first-order chi connectivity index (χ1) is 2.41. The van der Waals surface area contributed by atoms with E-state index in [0.29, 0.717) is 0 Å². The highest BCUT2D eigenvalue weighted by atomic mass is 28.3. The molecular weight excluding hydrogens is 107 g/mol. The number of hydrogen-bond donors (Lipinski definition) is 1. The average molecular weight is 114 g/mol. The second-order valence-corrected chi connectivity index (χ2v) is 3.67. The van der Waals surface area contributed by atoms with Crippen LogP contribution >= 0.6 is 0 Å². The van der Waals surface area contributed by atoms with Crippen LogP contribution in [-0.4, -0.2) is 26.3 Å². The molecule has 5 heteroatoms. The second-order valence-electron chi connectivity index (χ2n) is 0.408. The molecule has 0 aliphatic carbocycles. The molecule has 0 aromatic rings. The zero-order valence-electron chi connectivity index (χ0n) is 3.23. The minimum Gasteiger partial charge on any atom is -0.471 e. The van der Waals surface area contributed by atoms with Gasteiger partial charge >= 0.3 is 0 Å². The van der Waals surface area contributed by atoms with Gasteiger partial charge in [-0.2, -0.15) is 0 Å². The molecule has 0 spiro atoms. The van der Waals surface area contributed by atoms with E-state index in [1.807, 2.05) is 0 Å². The van der Waals surface area contributed by atoms with Crippen molar-refractivity contribution in [3.05, 3.63) is 0 Å². The van der Waals surface area contributed by atoms with Crippen molar-refractivity contribution in [3.8, 4) is 0 Å². The monoisotopic (exact) mass is 114 g/mol. The molecule has 0 fully saturated rings. The predicted octanol–water partition coefficient (Wildman–Crippen LogP) is -2.57. The average Bonchev–Trinajstić information content (AvgIpc) is 1.46. The van der Waals surface area contributed by atoms with Crippen LogP contribution in [0.1, 0.15) is 0 Å². The first-order valence-corrected chi connectivity index (χ1v) is 2.62. The molecule has 0 heterocycles. The number of hydrogen-bond acceptors (Lipinski definition) is 2. The third-order valence-electron chi connectivity index (χ3n) is 0. The van der Waals surface area contributed by atoms with Gasteiger partial charge in [0.2, 0.25) is 0 Å². The van der Waals surface area contributed by atoms with E-state index in [9.17, 15) is 0 Å². The van der Waals surface area contributed by atoms with Crippen molar-refractivity contribution in [1.82, 2.24) is 0 Å². The lowest BCUT2D eigenvalue weighted by Gasteiger charge is -1.62. The predicted molar refractivity (Wildman–Crippen MR) is 24.3 cm³/mol. The van der Waals surface area contributed by atoms with Gasteiger partial charge in [-0.25, -0.2) is 5.31 Å². The van der Waals surface area contributed by atoms with Gasteiger partial charge in [0.15, 0.2) is 0 Å². The van der Waals surface area contributed by atoms with E-state index in [-0.39, 0.29) is 0 Å². The maximum atomic E-state index is 8.50. The third-order valence-corrected chi connectivity index (χ3v) is 0. The number of rotatable bonds is 0. The summed E-state index contributed by atoms with van der Waals surface area (Å²) < 4.78 is 13.0.